The van der Waals surface area contributed by atoms with Crippen molar-refractivity contribution in [1.29, 1.82) is 0 Å². The van der Waals surface area contributed by atoms with Crippen LogP contribution in [0.3, 0.4) is 0 Å². The Kier molecular flexibility index (Phi) is 4.73. The molecule has 0 spiro atoms. The second-order valence-electron chi connectivity index (χ2n) is 4.29. The molecule has 0 radical (unpaired) electrons. The molecule has 0 aromatic heterocycles. The van der Waals surface area contributed by atoms with E-state index in [9.17, 15) is 12.8 Å². The van der Waals surface area contributed by atoms with Crippen LogP contribution >= 0.6 is 15.9 Å². The molecule has 0 atom stereocenters. The van der Waals surface area contributed by atoms with Crippen LogP contribution in [0.4, 0.5) is 4.39 Å². The smallest absolute Gasteiger partial charge is 0.175 e. The summed E-state index contributed by atoms with van der Waals surface area (Å²) in [4.78, 5) is 0. The molecular weight excluding hydrogens is 343 g/mol. The van der Waals surface area contributed by atoms with Crippen LogP contribution in [0.25, 0.3) is 6.08 Å². The average molecular weight is 355 g/mol. The highest BCUT2D eigenvalue weighted by Crippen LogP contribution is 2.14. The Balaban J connectivity index is 2.11. The number of hydrogen-bond donors (Lipinski definition) is 0. The SMILES string of the molecule is O=S(=O)(C=Cc1ccc(Br)cc1)Cc1ccc(F)cc1. The Bertz CT molecular complexity index is 705. The first-order chi connectivity index (χ1) is 9.44. The van der Waals surface area contributed by atoms with Crippen molar-refractivity contribution < 1.29 is 12.8 Å². The van der Waals surface area contributed by atoms with E-state index in [1.54, 1.807) is 6.08 Å². The normalized spacial score (nSPS) is 11.9. The van der Waals surface area contributed by atoms with E-state index >= 15 is 0 Å². The van der Waals surface area contributed by atoms with Gasteiger partial charge in [-0.25, -0.2) is 12.8 Å². The van der Waals surface area contributed by atoms with E-state index < -0.39 is 9.84 Å². The zero-order valence-electron chi connectivity index (χ0n) is 10.5. The maximum absolute atomic E-state index is 12.8. The average Bonchev–Trinajstić information content (AvgIpc) is 2.41. The van der Waals surface area contributed by atoms with Gasteiger partial charge in [0.25, 0.3) is 0 Å². The predicted molar refractivity (Wildman–Crippen MR) is 82.2 cm³/mol. The quantitative estimate of drug-likeness (QED) is 0.825. The van der Waals surface area contributed by atoms with Gasteiger partial charge in [0, 0.05) is 9.88 Å². The summed E-state index contributed by atoms with van der Waals surface area (Å²) in [5.41, 5.74) is 1.36. The van der Waals surface area contributed by atoms with E-state index in [1.165, 1.54) is 29.7 Å². The molecule has 0 N–H and O–H groups in total. The molecule has 20 heavy (non-hydrogen) atoms. The van der Waals surface area contributed by atoms with Crippen LogP contribution in [0.1, 0.15) is 11.1 Å². The molecule has 2 aromatic carbocycles. The van der Waals surface area contributed by atoms with Gasteiger partial charge in [0.2, 0.25) is 0 Å². The number of benzene rings is 2. The summed E-state index contributed by atoms with van der Waals surface area (Å²) in [7, 11) is -3.37. The summed E-state index contributed by atoms with van der Waals surface area (Å²) in [6.07, 6.45) is 1.55. The molecule has 0 saturated carbocycles. The van der Waals surface area contributed by atoms with Crippen LogP contribution < -0.4 is 0 Å². The van der Waals surface area contributed by atoms with E-state index in [0.717, 1.165) is 10.0 Å². The summed E-state index contributed by atoms with van der Waals surface area (Å²) >= 11 is 3.31. The second kappa shape index (κ2) is 6.33. The Morgan fingerprint density at radius 2 is 1.60 bits per heavy atom. The van der Waals surface area contributed by atoms with Crippen molar-refractivity contribution in [2.75, 3.05) is 0 Å². The minimum Gasteiger partial charge on any atom is -0.224 e. The summed E-state index contributed by atoms with van der Waals surface area (Å²) in [5, 5.41) is 1.18. The fourth-order valence-electron chi connectivity index (χ4n) is 1.62. The predicted octanol–water partition coefficient (Wildman–Crippen LogP) is 4.17. The lowest BCUT2D eigenvalue weighted by atomic mass is 10.2. The Labute approximate surface area is 126 Å². The third kappa shape index (κ3) is 4.58. The Morgan fingerprint density at radius 3 is 2.20 bits per heavy atom. The minimum absolute atomic E-state index is 0.139. The molecule has 5 heteroatoms. The van der Waals surface area contributed by atoms with Gasteiger partial charge in [0.1, 0.15) is 5.82 Å². The first kappa shape index (κ1) is 14.9. The second-order valence-corrected chi connectivity index (χ2v) is 7.09. The van der Waals surface area contributed by atoms with Gasteiger partial charge in [-0.05, 0) is 41.5 Å². The lowest BCUT2D eigenvalue weighted by Crippen LogP contribution is -1.99. The van der Waals surface area contributed by atoms with Crippen molar-refractivity contribution in [3.63, 3.8) is 0 Å². The molecule has 0 heterocycles. The van der Waals surface area contributed by atoms with Crippen LogP contribution in [0.15, 0.2) is 58.4 Å². The molecule has 2 nitrogen and oxygen atoms in total. The molecule has 0 aliphatic carbocycles. The van der Waals surface area contributed by atoms with E-state index in [1.807, 2.05) is 24.3 Å². The largest absolute Gasteiger partial charge is 0.224 e. The van der Waals surface area contributed by atoms with E-state index in [4.69, 9.17) is 0 Å². The summed E-state index contributed by atoms with van der Waals surface area (Å²) in [6.45, 7) is 0. The first-order valence-electron chi connectivity index (χ1n) is 5.85. The monoisotopic (exact) mass is 354 g/mol. The van der Waals surface area contributed by atoms with Crippen molar-refractivity contribution in [3.8, 4) is 0 Å². The fraction of sp³-hybridized carbons (Fsp3) is 0.0667. The van der Waals surface area contributed by atoms with E-state index in [-0.39, 0.29) is 11.6 Å². The first-order valence-corrected chi connectivity index (χ1v) is 8.36. The molecule has 0 bridgehead atoms. The molecule has 104 valence electrons. The number of hydrogen-bond acceptors (Lipinski definition) is 2. The molecular formula is C15H12BrFO2S. The van der Waals surface area contributed by atoms with Crippen molar-refractivity contribution >= 4 is 31.8 Å². The lowest BCUT2D eigenvalue weighted by molar-refractivity contribution is 0.603. The molecule has 0 aliphatic heterocycles. The van der Waals surface area contributed by atoms with Gasteiger partial charge in [0.15, 0.2) is 9.84 Å². The van der Waals surface area contributed by atoms with Gasteiger partial charge >= 0.3 is 0 Å². The van der Waals surface area contributed by atoms with Crippen LogP contribution in [0.2, 0.25) is 0 Å². The van der Waals surface area contributed by atoms with Gasteiger partial charge in [-0.15, -0.1) is 0 Å². The molecule has 0 fully saturated rings. The van der Waals surface area contributed by atoms with Crippen molar-refractivity contribution in [2.45, 2.75) is 5.75 Å². The maximum atomic E-state index is 12.8. The Morgan fingerprint density at radius 1 is 1.00 bits per heavy atom. The summed E-state index contributed by atoms with van der Waals surface area (Å²) < 4.78 is 37.6. The summed E-state index contributed by atoms with van der Waals surface area (Å²) in [5.74, 6) is -0.517. The maximum Gasteiger partial charge on any atom is 0.175 e. The van der Waals surface area contributed by atoms with Crippen molar-refractivity contribution in [3.05, 3.63) is 75.4 Å². The summed E-state index contributed by atoms with van der Waals surface area (Å²) in [6, 6.07) is 12.8. The van der Waals surface area contributed by atoms with Crippen LogP contribution in [0, 0.1) is 5.82 Å². The highest BCUT2D eigenvalue weighted by atomic mass is 79.9. The van der Waals surface area contributed by atoms with E-state index in [2.05, 4.69) is 15.9 Å². The van der Waals surface area contributed by atoms with Gasteiger partial charge in [-0.2, -0.15) is 0 Å². The fourth-order valence-corrected chi connectivity index (χ4v) is 3.00. The third-order valence-corrected chi connectivity index (χ3v) is 4.43. The lowest BCUT2D eigenvalue weighted by Gasteiger charge is -2.00. The molecule has 0 unspecified atom stereocenters. The molecule has 0 amide bonds. The highest BCUT2D eigenvalue weighted by molar-refractivity contribution is 9.10. The van der Waals surface area contributed by atoms with Crippen LogP contribution in [-0.4, -0.2) is 8.42 Å². The minimum atomic E-state index is -3.37. The highest BCUT2D eigenvalue weighted by Gasteiger charge is 2.07. The van der Waals surface area contributed by atoms with Crippen LogP contribution in [0.5, 0.6) is 0 Å². The van der Waals surface area contributed by atoms with Gasteiger partial charge in [-0.1, -0.05) is 40.2 Å². The molecule has 0 saturated heterocycles. The number of halogens is 2. The topological polar surface area (TPSA) is 34.1 Å². The van der Waals surface area contributed by atoms with Crippen LogP contribution in [-0.2, 0) is 15.6 Å². The standard InChI is InChI=1S/C15H12BrFO2S/c16-14-5-1-12(2-6-14)9-10-20(18,19)11-13-3-7-15(17)8-4-13/h1-10H,11H2. The molecule has 2 rings (SSSR count). The third-order valence-electron chi connectivity index (χ3n) is 2.62. The van der Waals surface area contributed by atoms with Gasteiger partial charge in [-0.3, -0.25) is 0 Å². The van der Waals surface area contributed by atoms with Crippen molar-refractivity contribution in [2.24, 2.45) is 0 Å². The molecule has 2 aromatic rings. The zero-order chi connectivity index (χ0) is 14.6. The van der Waals surface area contributed by atoms with Crippen molar-refractivity contribution in [1.82, 2.24) is 0 Å². The number of sulfone groups is 1. The number of rotatable bonds is 4. The Hall–Kier alpha value is -1.46. The van der Waals surface area contributed by atoms with E-state index in [0.29, 0.717) is 5.56 Å². The zero-order valence-corrected chi connectivity index (χ0v) is 12.9. The molecule has 0 aliphatic rings. The van der Waals surface area contributed by atoms with Gasteiger partial charge in [0.05, 0.1) is 5.75 Å². The van der Waals surface area contributed by atoms with Gasteiger partial charge < -0.3 is 0 Å².